The molecule has 1 aliphatic heterocycles. The molecule has 0 unspecified atom stereocenters. The second-order valence-electron chi connectivity index (χ2n) is 6.70. The number of rotatable bonds is 1. The number of hydrogen-bond donors (Lipinski definition) is 1. The van der Waals surface area contributed by atoms with Gasteiger partial charge < -0.3 is 14.6 Å². The van der Waals surface area contributed by atoms with Gasteiger partial charge in [-0.25, -0.2) is 0 Å². The summed E-state index contributed by atoms with van der Waals surface area (Å²) < 4.78 is 12.2. The van der Waals surface area contributed by atoms with Crippen molar-refractivity contribution in [2.45, 2.75) is 58.3 Å². The fraction of sp³-hybridized carbons (Fsp3) is 0.867. The third-order valence-electron chi connectivity index (χ3n) is 4.45. The van der Waals surface area contributed by atoms with Crippen molar-refractivity contribution in [1.29, 1.82) is 0 Å². The van der Waals surface area contributed by atoms with E-state index < -0.39 is 17.3 Å². The van der Waals surface area contributed by atoms with Gasteiger partial charge in [0.15, 0.2) is 5.79 Å². The SMILES string of the molecule is C#CC[C@@]1(C)[C@@H](O)CCCC12OCC(C)(C)CO2. The normalized spacial score (nSPS) is 38.3. The van der Waals surface area contributed by atoms with E-state index in [1.807, 2.05) is 6.92 Å². The van der Waals surface area contributed by atoms with E-state index >= 15 is 0 Å². The second-order valence-corrected chi connectivity index (χ2v) is 6.70. The molecule has 2 atom stereocenters. The van der Waals surface area contributed by atoms with E-state index in [2.05, 4.69) is 19.8 Å². The molecule has 1 aliphatic carbocycles. The summed E-state index contributed by atoms with van der Waals surface area (Å²) in [6.07, 6.45) is 8.01. The molecule has 0 radical (unpaired) electrons. The maximum absolute atomic E-state index is 10.4. The number of aliphatic hydroxyl groups is 1. The van der Waals surface area contributed by atoms with Crippen LogP contribution in [0.15, 0.2) is 0 Å². The molecule has 0 aromatic carbocycles. The van der Waals surface area contributed by atoms with Gasteiger partial charge in [0, 0.05) is 18.3 Å². The molecule has 1 spiro atoms. The van der Waals surface area contributed by atoms with E-state index in [-0.39, 0.29) is 5.41 Å². The van der Waals surface area contributed by atoms with Crippen LogP contribution in [0.3, 0.4) is 0 Å². The van der Waals surface area contributed by atoms with Crippen LogP contribution in [0.4, 0.5) is 0 Å². The smallest absolute Gasteiger partial charge is 0.176 e. The van der Waals surface area contributed by atoms with E-state index in [9.17, 15) is 5.11 Å². The number of hydrogen-bond acceptors (Lipinski definition) is 3. The largest absolute Gasteiger partial charge is 0.392 e. The third-order valence-corrected chi connectivity index (χ3v) is 4.45. The van der Waals surface area contributed by atoms with Gasteiger partial charge in [0.2, 0.25) is 0 Å². The quantitative estimate of drug-likeness (QED) is 0.728. The summed E-state index contributed by atoms with van der Waals surface area (Å²) >= 11 is 0. The van der Waals surface area contributed by atoms with Gasteiger partial charge in [0.25, 0.3) is 0 Å². The van der Waals surface area contributed by atoms with Gasteiger partial charge in [-0.2, -0.15) is 0 Å². The molecule has 1 saturated carbocycles. The average Bonchev–Trinajstić information content (AvgIpc) is 2.30. The fourth-order valence-corrected chi connectivity index (χ4v) is 3.03. The van der Waals surface area contributed by atoms with Crippen molar-refractivity contribution < 1.29 is 14.6 Å². The summed E-state index contributed by atoms with van der Waals surface area (Å²) in [5.74, 6) is 1.98. The van der Waals surface area contributed by atoms with Crippen LogP contribution in [0.5, 0.6) is 0 Å². The summed E-state index contributed by atoms with van der Waals surface area (Å²) in [4.78, 5) is 0. The van der Waals surface area contributed by atoms with E-state index in [0.29, 0.717) is 19.6 Å². The minimum absolute atomic E-state index is 0.0324. The van der Waals surface area contributed by atoms with Crippen LogP contribution < -0.4 is 0 Å². The van der Waals surface area contributed by atoms with E-state index in [0.717, 1.165) is 19.3 Å². The highest BCUT2D eigenvalue weighted by atomic mass is 16.7. The third kappa shape index (κ3) is 2.07. The molecule has 2 rings (SSSR count). The zero-order valence-electron chi connectivity index (χ0n) is 11.7. The Bertz CT molecular complexity index is 345. The van der Waals surface area contributed by atoms with Gasteiger partial charge in [-0.05, 0) is 12.8 Å². The molecular formula is C15H24O3. The molecule has 2 aliphatic rings. The van der Waals surface area contributed by atoms with Crippen molar-refractivity contribution in [3.8, 4) is 12.3 Å². The number of aliphatic hydroxyl groups excluding tert-OH is 1. The molecule has 0 aromatic rings. The standard InChI is InChI=1S/C15H24O3/c1-5-8-14(4)12(16)7-6-9-15(14)17-10-13(2,3)11-18-15/h1,12,16H,6-11H2,2-4H3/t12-,14-/m0/s1. The Morgan fingerprint density at radius 1 is 1.28 bits per heavy atom. The molecule has 0 aromatic heterocycles. The van der Waals surface area contributed by atoms with Crippen LogP contribution in [0.1, 0.15) is 46.5 Å². The van der Waals surface area contributed by atoms with Crippen molar-refractivity contribution in [2.75, 3.05) is 13.2 Å². The highest BCUT2D eigenvalue weighted by Crippen LogP contribution is 2.52. The van der Waals surface area contributed by atoms with Gasteiger partial charge in [-0.3, -0.25) is 0 Å². The molecule has 1 heterocycles. The summed E-state index contributed by atoms with van der Waals surface area (Å²) in [7, 11) is 0. The molecule has 0 amide bonds. The van der Waals surface area contributed by atoms with Gasteiger partial charge in [0.1, 0.15) is 0 Å². The first-order valence-corrected chi connectivity index (χ1v) is 6.75. The van der Waals surface area contributed by atoms with Gasteiger partial charge in [-0.15, -0.1) is 12.3 Å². The van der Waals surface area contributed by atoms with Gasteiger partial charge in [-0.1, -0.05) is 20.8 Å². The Morgan fingerprint density at radius 3 is 2.44 bits per heavy atom. The van der Waals surface area contributed by atoms with Crippen LogP contribution in [-0.4, -0.2) is 30.2 Å². The van der Waals surface area contributed by atoms with E-state index in [1.54, 1.807) is 0 Å². The minimum Gasteiger partial charge on any atom is -0.392 e. The summed E-state index contributed by atoms with van der Waals surface area (Å²) in [5, 5.41) is 10.4. The average molecular weight is 252 g/mol. The highest BCUT2D eigenvalue weighted by Gasteiger charge is 2.58. The Balaban J connectivity index is 2.26. The summed E-state index contributed by atoms with van der Waals surface area (Å²) in [6.45, 7) is 7.55. The molecule has 102 valence electrons. The predicted octanol–water partition coefficient (Wildman–Crippen LogP) is 2.33. The lowest BCUT2D eigenvalue weighted by Gasteiger charge is -2.56. The zero-order valence-corrected chi connectivity index (χ0v) is 11.7. The molecule has 3 nitrogen and oxygen atoms in total. The first-order chi connectivity index (χ1) is 8.35. The Morgan fingerprint density at radius 2 is 1.89 bits per heavy atom. The van der Waals surface area contributed by atoms with Crippen LogP contribution >= 0.6 is 0 Å². The molecule has 1 N–H and O–H groups in total. The first-order valence-electron chi connectivity index (χ1n) is 6.75. The van der Waals surface area contributed by atoms with Crippen LogP contribution in [-0.2, 0) is 9.47 Å². The van der Waals surface area contributed by atoms with Crippen molar-refractivity contribution in [3.63, 3.8) is 0 Å². The number of terminal acetylenes is 1. The van der Waals surface area contributed by atoms with E-state index in [4.69, 9.17) is 15.9 Å². The molecule has 3 heteroatoms. The Kier molecular flexibility index (Phi) is 3.48. The lowest BCUT2D eigenvalue weighted by atomic mass is 9.66. The molecule has 18 heavy (non-hydrogen) atoms. The van der Waals surface area contributed by atoms with Crippen molar-refractivity contribution in [1.82, 2.24) is 0 Å². The Labute approximate surface area is 110 Å². The van der Waals surface area contributed by atoms with Crippen molar-refractivity contribution >= 4 is 0 Å². The summed E-state index contributed by atoms with van der Waals surface area (Å²) in [6, 6.07) is 0. The minimum atomic E-state index is -0.702. The van der Waals surface area contributed by atoms with Crippen LogP contribution in [0, 0.1) is 23.2 Å². The maximum atomic E-state index is 10.4. The van der Waals surface area contributed by atoms with Gasteiger partial charge in [0.05, 0.1) is 24.7 Å². The highest BCUT2D eigenvalue weighted by molar-refractivity contribution is 5.07. The fourth-order valence-electron chi connectivity index (χ4n) is 3.03. The second kappa shape index (κ2) is 4.52. The lowest BCUT2D eigenvalue weighted by molar-refractivity contribution is -0.369. The topological polar surface area (TPSA) is 38.7 Å². The summed E-state index contributed by atoms with van der Waals surface area (Å²) in [5.41, 5.74) is -0.471. The number of ether oxygens (including phenoxy) is 2. The zero-order chi connectivity index (χ0) is 13.4. The molecule has 2 fully saturated rings. The maximum Gasteiger partial charge on any atom is 0.176 e. The van der Waals surface area contributed by atoms with Crippen LogP contribution in [0.2, 0.25) is 0 Å². The Hall–Kier alpha value is -0.560. The molecule has 1 saturated heterocycles. The monoisotopic (exact) mass is 252 g/mol. The molecular weight excluding hydrogens is 228 g/mol. The van der Waals surface area contributed by atoms with Crippen molar-refractivity contribution in [3.05, 3.63) is 0 Å². The van der Waals surface area contributed by atoms with Crippen molar-refractivity contribution in [2.24, 2.45) is 10.8 Å². The lowest BCUT2D eigenvalue weighted by Crippen LogP contribution is -2.62. The van der Waals surface area contributed by atoms with Gasteiger partial charge >= 0.3 is 0 Å². The first kappa shape index (κ1) is 13.9. The molecule has 0 bridgehead atoms. The van der Waals surface area contributed by atoms with E-state index in [1.165, 1.54) is 0 Å². The van der Waals surface area contributed by atoms with Crippen LogP contribution in [0.25, 0.3) is 0 Å². The predicted molar refractivity (Wildman–Crippen MR) is 69.8 cm³/mol.